The molecule has 0 aromatic carbocycles. The van der Waals surface area contributed by atoms with Crippen LogP contribution in [0.3, 0.4) is 0 Å². The Bertz CT molecular complexity index is 382. The average Bonchev–Trinajstić information content (AvgIpc) is 2.34. The summed E-state index contributed by atoms with van der Waals surface area (Å²) in [6, 6.07) is 1.48. The van der Waals surface area contributed by atoms with Crippen molar-refractivity contribution in [3.8, 4) is 0 Å². The minimum atomic E-state index is -1.07. The minimum Gasteiger partial charge on any atom is -0.480 e. The number of rotatable bonds is 6. The summed E-state index contributed by atoms with van der Waals surface area (Å²) in [5, 5.41) is 15.8. The Morgan fingerprint density at radius 2 is 2.24 bits per heavy atom. The smallest absolute Gasteiger partial charge is 0.323 e. The van der Waals surface area contributed by atoms with Gasteiger partial charge in [-0.3, -0.25) is 9.59 Å². The molecule has 1 amide bonds. The number of amides is 1. The molecule has 7 nitrogen and oxygen atoms in total. The molecule has 0 unspecified atom stereocenters. The van der Waals surface area contributed by atoms with Gasteiger partial charge in [0, 0.05) is 13.7 Å². The lowest BCUT2D eigenvalue weighted by molar-refractivity contribution is -0.137. The van der Waals surface area contributed by atoms with Crippen LogP contribution in [-0.4, -0.2) is 58.9 Å². The second-order valence-electron chi connectivity index (χ2n) is 3.24. The Morgan fingerprint density at radius 3 is 2.76 bits per heavy atom. The Labute approximate surface area is 98.0 Å². The second kappa shape index (κ2) is 6.54. The van der Waals surface area contributed by atoms with Gasteiger partial charge in [-0.2, -0.15) is 10.2 Å². The molecule has 0 bridgehead atoms. The molecule has 1 heterocycles. The summed E-state index contributed by atoms with van der Waals surface area (Å²) in [7, 11) is 1.48. The third kappa shape index (κ3) is 4.15. The molecular weight excluding hydrogens is 226 g/mol. The van der Waals surface area contributed by atoms with E-state index < -0.39 is 11.9 Å². The van der Waals surface area contributed by atoms with Crippen molar-refractivity contribution >= 4 is 11.9 Å². The van der Waals surface area contributed by atoms with Gasteiger partial charge in [0.05, 0.1) is 24.6 Å². The summed E-state index contributed by atoms with van der Waals surface area (Å²) in [6.45, 7) is 0.117. The van der Waals surface area contributed by atoms with Gasteiger partial charge in [0.2, 0.25) is 0 Å². The van der Waals surface area contributed by atoms with E-state index in [1.807, 2.05) is 0 Å². The zero-order chi connectivity index (χ0) is 12.7. The number of methoxy groups -OCH3 is 1. The zero-order valence-electron chi connectivity index (χ0n) is 9.37. The fraction of sp³-hybridized carbons (Fsp3) is 0.400. The highest BCUT2D eigenvalue weighted by molar-refractivity contribution is 5.95. The van der Waals surface area contributed by atoms with E-state index in [4.69, 9.17) is 9.84 Å². The number of ether oxygens (including phenoxy) is 1. The molecule has 0 saturated carbocycles. The van der Waals surface area contributed by atoms with Crippen LogP contribution in [0.15, 0.2) is 18.5 Å². The first-order chi connectivity index (χ1) is 8.15. The zero-order valence-corrected chi connectivity index (χ0v) is 9.37. The molecule has 0 radical (unpaired) electrons. The third-order valence-corrected chi connectivity index (χ3v) is 2.01. The maximum atomic E-state index is 11.9. The predicted molar refractivity (Wildman–Crippen MR) is 57.4 cm³/mol. The van der Waals surface area contributed by atoms with Crippen molar-refractivity contribution in [1.29, 1.82) is 0 Å². The highest BCUT2D eigenvalue weighted by Crippen LogP contribution is 2.02. The van der Waals surface area contributed by atoms with E-state index in [2.05, 4.69) is 10.2 Å². The number of carbonyl (C=O) groups is 2. The van der Waals surface area contributed by atoms with E-state index >= 15 is 0 Å². The van der Waals surface area contributed by atoms with Crippen molar-refractivity contribution in [2.24, 2.45) is 0 Å². The summed E-state index contributed by atoms with van der Waals surface area (Å²) in [4.78, 5) is 23.8. The van der Waals surface area contributed by atoms with Gasteiger partial charge in [-0.15, -0.1) is 0 Å². The summed E-state index contributed by atoms with van der Waals surface area (Å²) >= 11 is 0. The number of carbonyl (C=O) groups excluding carboxylic acids is 1. The van der Waals surface area contributed by atoms with Crippen LogP contribution < -0.4 is 0 Å². The minimum absolute atomic E-state index is 0.212. The molecule has 0 aliphatic heterocycles. The number of aliphatic carboxylic acids is 1. The van der Waals surface area contributed by atoms with Gasteiger partial charge in [-0.1, -0.05) is 0 Å². The van der Waals surface area contributed by atoms with E-state index in [9.17, 15) is 9.59 Å². The standard InChI is InChI=1S/C10H13N3O4/c1-17-5-4-13(7-9(14)15)10(16)8-2-3-11-12-6-8/h2-3,6H,4-5,7H2,1H3,(H,14,15). The van der Waals surface area contributed by atoms with E-state index in [1.165, 1.54) is 30.5 Å². The van der Waals surface area contributed by atoms with Crippen LogP contribution in [0.25, 0.3) is 0 Å². The van der Waals surface area contributed by atoms with Gasteiger partial charge in [-0.05, 0) is 6.07 Å². The van der Waals surface area contributed by atoms with Gasteiger partial charge < -0.3 is 14.7 Å². The van der Waals surface area contributed by atoms with Crippen LogP contribution in [0.5, 0.6) is 0 Å². The Hall–Kier alpha value is -2.02. The van der Waals surface area contributed by atoms with Gasteiger partial charge in [0.1, 0.15) is 6.54 Å². The topological polar surface area (TPSA) is 92.6 Å². The molecule has 0 aliphatic carbocycles. The van der Waals surface area contributed by atoms with Crippen LogP contribution in [-0.2, 0) is 9.53 Å². The van der Waals surface area contributed by atoms with Crippen molar-refractivity contribution < 1.29 is 19.4 Å². The number of aromatic nitrogens is 2. The third-order valence-electron chi connectivity index (χ3n) is 2.01. The lowest BCUT2D eigenvalue weighted by atomic mass is 10.2. The highest BCUT2D eigenvalue weighted by Gasteiger charge is 2.18. The number of hydrogen-bond acceptors (Lipinski definition) is 5. The molecule has 7 heteroatoms. The van der Waals surface area contributed by atoms with Crippen molar-refractivity contribution in [2.75, 3.05) is 26.8 Å². The number of carboxylic acids is 1. The monoisotopic (exact) mass is 239 g/mol. The predicted octanol–water partition coefficient (Wildman–Crippen LogP) is -0.350. The highest BCUT2D eigenvalue weighted by atomic mass is 16.5. The van der Waals surface area contributed by atoms with Crippen LogP contribution in [0, 0.1) is 0 Å². The molecule has 0 aliphatic rings. The summed E-state index contributed by atoms with van der Waals surface area (Å²) in [5.41, 5.74) is 0.303. The van der Waals surface area contributed by atoms with Gasteiger partial charge >= 0.3 is 5.97 Å². The first-order valence-corrected chi connectivity index (χ1v) is 4.92. The number of hydrogen-bond donors (Lipinski definition) is 1. The largest absolute Gasteiger partial charge is 0.480 e. The normalized spacial score (nSPS) is 9.94. The SMILES string of the molecule is COCCN(CC(=O)O)C(=O)c1ccnnc1. The molecular formula is C10H13N3O4. The average molecular weight is 239 g/mol. The molecule has 1 N–H and O–H groups in total. The van der Waals surface area contributed by atoms with Crippen LogP contribution in [0.2, 0.25) is 0 Å². The van der Waals surface area contributed by atoms with Crippen LogP contribution in [0.4, 0.5) is 0 Å². The maximum absolute atomic E-state index is 11.9. The fourth-order valence-electron chi connectivity index (χ4n) is 1.22. The molecule has 0 fully saturated rings. The van der Waals surface area contributed by atoms with E-state index in [1.54, 1.807) is 0 Å². The van der Waals surface area contributed by atoms with Crippen molar-refractivity contribution in [3.05, 3.63) is 24.0 Å². The fourth-order valence-corrected chi connectivity index (χ4v) is 1.22. The van der Waals surface area contributed by atoms with E-state index in [0.717, 1.165) is 0 Å². The first kappa shape index (κ1) is 13.0. The molecule has 92 valence electrons. The van der Waals surface area contributed by atoms with Gasteiger partial charge in [0.25, 0.3) is 5.91 Å². The summed E-state index contributed by atoms with van der Waals surface area (Å²) in [5.74, 6) is -1.48. The molecule has 1 aromatic heterocycles. The van der Waals surface area contributed by atoms with Crippen molar-refractivity contribution in [1.82, 2.24) is 15.1 Å². The second-order valence-corrected chi connectivity index (χ2v) is 3.24. The number of carboxylic acid groups (broad SMARTS) is 1. The van der Waals surface area contributed by atoms with E-state index in [0.29, 0.717) is 5.56 Å². The van der Waals surface area contributed by atoms with Crippen molar-refractivity contribution in [2.45, 2.75) is 0 Å². The maximum Gasteiger partial charge on any atom is 0.323 e. The quantitative estimate of drug-likeness (QED) is 0.729. The molecule has 0 saturated heterocycles. The molecule has 1 aromatic rings. The summed E-state index contributed by atoms with van der Waals surface area (Å²) < 4.78 is 4.83. The Morgan fingerprint density at radius 1 is 1.47 bits per heavy atom. The van der Waals surface area contributed by atoms with Gasteiger partial charge in [0.15, 0.2) is 0 Å². The molecule has 0 atom stereocenters. The Kier molecular flexibility index (Phi) is 5.02. The van der Waals surface area contributed by atoms with E-state index in [-0.39, 0.29) is 19.7 Å². The first-order valence-electron chi connectivity index (χ1n) is 4.92. The van der Waals surface area contributed by atoms with Crippen molar-refractivity contribution in [3.63, 3.8) is 0 Å². The Balaban J connectivity index is 2.75. The van der Waals surface area contributed by atoms with Gasteiger partial charge in [-0.25, -0.2) is 0 Å². The summed E-state index contributed by atoms with van der Waals surface area (Å²) in [6.07, 6.45) is 2.67. The molecule has 0 spiro atoms. The van der Waals surface area contributed by atoms with Crippen LogP contribution >= 0.6 is 0 Å². The van der Waals surface area contributed by atoms with Crippen LogP contribution in [0.1, 0.15) is 10.4 Å². The molecule has 1 rings (SSSR count). The number of nitrogens with zero attached hydrogens (tertiary/aromatic N) is 3. The lowest BCUT2D eigenvalue weighted by Gasteiger charge is -2.19. The molecule has 17 heavy (non-hydrogen) atoms. The lowest BCUT2D eigenvalue weighted by Crippen LogP contribution is -2.38.